The second-order valence-electron chi connectivity index (χ2n) is 8.76. The van der Waals surface area contributed by atoms with Crippen molar-refractivity contribution in [3.63, 3.8) is 0 Å². The van der Waals surface area contributed by atoms with Crippen molar-refractivity contribution in [2.45, 2.75) is 12.5 Å². The van der Waals surface area contributed by atoms with Gasteiger partial charge >= 0.3 is 5.97 Å². The van der Waals surface area contributed by atoms with Gasteiger partial charge in [-0.3, -0.25) is 9.63 Å². The summed E-state index contributed by atoms with van der Waals surface area (Å²) in [6, 6.07) is 33.1. The Labute approximate surface area is 227 Å². The lowest BCUT2D eigenvalue weighted by Gasteiger charge is -2.35. The highest BCUT2D eigenvalue weighted by Crippen LogP contribution is 2.39. The summed E-state index contributed by atoms with van der Waals surface area (Å²) in [7, 11) is 0. The highest BCUT2D eigenvalue weighted by atomic mass is 16.7. The van der Waals surface area contributed by atoms with Crippen molar-refractivity contribution < 1.29 is 29.0 Å². The number of phenols is 1. The van der Waals surface area contributed by atoms with Gasteiger partial charge in [0.2, 0.25) is 0 Å². The minimum absolute atomic E-state index is 0.000792. The van der Waals surface area contributed by atoms with E-state index in [4.69, 9.17) is 14.3 Å². The van der Waals surface area contributed by atoms with Crippen LogP contribution in [0.5, 0.6) is 11.5 Å². The van der Waals surface area contributed by atoms with Crippen molar-refractivity contribution in [1.29, 1.82) is 0 Å². The van der Waals surface area contributed by atoms with Crippen molar-refractivity contribution in [3.8, 4) is 11.5 Å². The van der Waals surface area contributed by atoms with Gasteiger partial charge in [-0.05, 0) is 35.7 Å². The Balaban J connectivity index is 1.56. The van der Waals surface area contributed by atoms with Gasteiger partial charge in [0.15, 0.2) is 5.60 Å². The number of amides is 1. The second kappa shape index (κ2) is 12.6. The van der Waals surface area contributed by atoms with E-state index in [0.717, 1.165) is 16.7 Å². The number of rotatable bonds is 11. The molecule has 0 heterocycles. The van der Waals surface area contributed by atoms with Gasteiger partial charge in [-0.1, -0.05) is 97.6 Å². The van der Waals surface area contributed by atoms with Crippen LogP contribution >= 0.6 is 0 Å². The molecular formula is C32H29NO6. The van der Waals surface area contributed by atoms with Crippen LogP contribution in [-0.4, -0.2) is 30.2 Å². The maximum absolute atomic E-state index is 13.2. The van der Waals surface area contributed by atoms with Crippen LogP contribution in [-0.2, 0) is 20.0 Å². The highest BCUT2D eigenvalue weighted by Gasteiger charge is 2.39. The van der Waals surface area contributed by atoms with Crippen molar-refractivity contribution in [3.05, 3.63) is 144 Å². The van der Waals surface area contributed by atoms with Crippen LogP contribution in [0.15, 0.2) is 121 Å². The number of nitrogens with one attached hydrogen (secondary N) is 1. The Morgan fingerprint density at radius 1 is 0.795 bits per heavy atom. The second-order valence-corrected chi connectivity index (χ2v) is 8.76. The van der Waals surface area contributed by atoms with Crippen LogP contribution < -0.4 is 10.2 Å². The van der Waals surface area contributed by atoms with Gasteiger partial charge in [0.05, 0.1) is 5.56 Å². The fourth-order valence-corrected chi connectivity index (χ4v) is 4.08. The molecule has 0 fully saturated rings. The summed E-state index contributed by atoms with van der Waals surface area (Å²) in [4.78, 5) is 31.0. The van der Waals surface area contributed by atoms with Gasteiger partial charge in [-0.25, -0.2) is 10.3 Å². The lowest BCUT2D eigenvalue weighted by atomic mass is 9.80. The molecule has 7 nitrogen and oxygen atoms in total. The van der Waals surface area contributed by atoms with Crippen LogP contribution in [0, 0.1) is 0 Å². The molecule has 0 radical (unpaired) electrons. The maximum Gasteiger partial charge on any atom is 0.333 e. The number of esters is 1. The molecule has 4 aromatic rings. The lowest BCUT2D eigenvalue weighted by Crippen LogP contribution is -2.40. The Kier molecular flexibility index (Phi) is 8.76. The topological polar surface area (TPSA) is 94.1 Å². The number of phenolic OH excluding ortho intramolecular Hbond substituents is 1. The zero-order valence-corrected chi connectivity index (χ0v) is 21.5. The van der Waals surface area contributed by atoms with Gasteiger partial charge in [0, 0.05) is 11.6 Å². The predicted molar refractivity (Wildman–Crippen MR) is 147 cm³/mol. The maximum atomic E-state index is 13.2. The van der Waals surface area contributed by atoms with E-state index >= 15 is 0 Å². The molecule has 0 atom stereocenters. The lowest BCUT2D eigenvalue weighted by molar-refractivity contribution is -0.139. The van der Waals surface area contributed by atoms with Crippen LogP contribution in [0.1, 0.15) is 34.0 Å². The summed E-state index contributed by atoms with van der Waals surface area (Å²) in [5, 5.41) is 10.6. The molecule has 39 heavy (non-hydrogen) atoms. The molecule has 0 saturated heterocycles. The molecule has 0 saturated carbocycles. The summed E-state index contributed by atoms with van der Waals surface area (Å²) in [6.07, 6.45) is 0. The number of hydroxylamine groups is 1. The largest absolute Gasteiger partial charge is 0.507 e. The zero-order chi connectivity index (χ0) is 27.7. The molecule has 7 heteroatoms. The number of carbonyl (C=O) groups excluding carboxylic acids is 2. The van der Waals surface area contributed by atoms with Gasteiger partial charge in [-0.2, -0.15) is 0 Å². The monoisotopic (exact) mass is 523 g/mol. The van der Waals surface area contributed by atoms with Gasteiger partial charge in [-0.15, -0.1) is 0 Å². The first kappa shape index (κ1) is 27.2. The van der Waals surface area contributed by atoms with E-state index in [1.807, 2.05) is 91.0 Å². The van der Waals surface area contributed by atoms with E-state index in [1.54, 1.807) is 6.92 Å². The molecule has 4 rings (SSSR count). The van der Waals surface area contributed by atoms with Crippen molar-refractivity contribution in [1.82, 2.24) is 5.48 Å². The molecule has 2 N–H and O–H groups in total. The normalized spacial score (nSPS) is 10.9. The van der Waals surface area contributed by atoms with Crippen LogP contribution in [0.3, 0.4) is 0 Å². The van der Waals surface area contributed by atoms with Crippen LogP contribution in [0.4, 0.5) is 0 Å². The number of hydrogen-bond acceptors (Lipinski definition) is 6. The first-order valence-corrected chi connectivity index (χ1v) is 12.3. The third-order valence-electron chi connectivity index (χ3n) is 5.99. The summed E-state index contributed by atoms with van der Waals surface area (Å²) in [5.74, 6) is -1.13. The number of benzene rings is 4. The fourth-order valence-electron chi connectivity index (χ4n) is 4.08. The molecule has 0 spiro atoms. The third-order valence-corrected chi connectivity index (χ3v) is 5.99. The van der Waals surface area contributed by atoms with Gasteiger partial charge in [0.25, 0.3) is 5.91 Å². The molecular weight excluding hydrogens is 494 g/mol. The highest BCUT2D eigenvalue weighted by molar-refractivity contribution is 5.96. The third kappa shape index (κ3) is 6.34. The Bertz CT molecular complexity index is 1320. The average molecular weight is 524 g/mol. The molecule has 0 aromatic heterocycles. The van der Waals surface area contributed by atoms with Crippen LogP contribution in [0.2, 0.25) is 0 Å². The van der Waals surface area contributed by atoms with E-state index in [2.05, 4.69) is 12.1 Å². The van der Waals surface area contributed by atoms with E-state index in [0.29, 0.717) is 11.3 Å². The zero-order valence-electron chi connectivity index (χ0n) is 21.5. The first-order valence-electron chi connectivity index (χ1n) is 12.3. The molecule has 1 amide bonds. The molecule has 0 aliphatic rings. The minimum Gasteiger partial charge on any atom is -0.507 e. The number of hydrogen-bond donors (Lipinski definition) is 2. The first-order chi connectivity index (χ1) is 18.9. The van der Waals surface area contributed by atoms with E-state index in [9.17, 15) is 14.7 Å². The SMILES string of the molecule is C=C(C)C(=O)OCCOc1ccc(C(=O)NOC(c2ccccc2)(c2ccccc2)c2ccccc2)c(O)c1. The molecule has 198 valence electrons. The summed E-state index contributed by atoms with van der Waals surface area (Å²) in [6.45, 7) is 5.16. The Hall–Kier alpha value is -4.88. The van der Waals surface area contributed by atoms with Crippen LogP contribution in [0.25, 0.3) is 0 Å². The van der Waals surface area contributed by atoms with Crippen molar-refractivity contribution in [2.75, 3.05) is 13.2 Å². The van der Waals surface area contributed by atoms with Crippen molar-refractivity contribution >= 4 is 11.9 Å². The minimum atomic E-state index is -1.17. The number of carbonyl (C=O) groups is 2. The quantitative estimate of drug-likeness (QED) is 0.0881. The molecule has 0 aliphatic heterocycles. The number of aromatic hydroxyl groups is 1. The number of ether oxygens (including phenoxy) is 2. The van der Waals surface area contributed by atoms with Gasteiger partial charge < -0.3 is 14.6 Å². The molecule has 0 bridgehead atoms. The smallest absolute Gasteiger partial charge is 0.333 e. The summed E-state index contributed by atoms with van der Waals surface area (Å²) < 4.78 is 10.5. The van der Waals surface area contributed by atoms with E-state index in [-0.39, 0.29) is 24.5 Å². The Morgan fingerprint density at radius 2 is 1.31 bits per heavy atom. The van der Waals surface area contributed by atoms with Gasteiger partial charge in [0.1, 0.15) is 24.7 Å². The predicted octanol–water partition coefficient (Wildman–Crippen LogP) is 5.54. The van der Waals surface area contributed by atoms with Crippen molar-refractivity contribution in [2.24, 2.45) is 0 Å². The van der Waals surface area contributed by atoms with E-state index < -0.39 is 17.5 Å². The molecule has 0 aliphatic carbocycles. The fraction of sp³-hybridized carbons (Fsp3) is 0.125. The average Bonchev–Trinajstić information content (AvgIpc) is 2.97. The Morgan fingerprint density at radius 3 is 1.77 bits per heavy atom. The molecule has 4 aromatic carbocycles. The standard InChI is InChI=1S/C32H29NO6/c1-23(2)31(36)38-21-20-37-27-18-19-28(29(34)22-27)30(35)33-39-32(24-12-6-3-7-13-24,25-14-8-4-9-15-25)26-16-10-5-11-17-26/h3-19,22,34H,1,20-21H2,2H3,(H,33,35). The van der Waals surface area contributed by atoms with E-state index in [1.165, 1.54) is 18.2 Å². The molecule has 0 unspecified atom stereocenters. The summed E-state index contributed by atoms with van der Waals surface area (Å²) >= 11 is 0. The summed E-state index contributed by atoms with van der Waals surface area (Å²) in [5.41, 5.74) is 4.12.